The van der Waals surface area contributed by atoms with Crippen LogP contribution in [0, 0.1) is 11.3 Å². The second kappa shape index (κ2) is 5.17. The molecular weight excluding hydrogens is 200 g/mol. The highest BCUT2D eigenvalue weighted by molar-refractivity contribution is 5.75. The molecule has 1 saturated heterocycles. The fraction of sp³-hybridized carbons (Fsp3) is 0.923. The van der Waals surface area contributed by atoms with Crippen LogP contribution in [0.25, 0.3) is 0 Å². The maximum atomic E-state index is 11.6. The number of piperidine rings is 1. The Bertz CT molecular complexity index is 242. The van der Waals surface area contributed by atoms with E-state index in [2.05, 4.69) is 17.6 Å². The van der Waals surface area contributed by atoms with Crippen molar-refractivity contribution in [3.05, 3.63) is 0 Å². The maximum Gasteiger partial charge on any atom is 0.220 e. The summed E-state index contributed by atoms with van der Waals surface area (Å²) in [7, 11) is 0. The van der Waals surface area contributed by atoms with E-state index in [0.29, 0.717) is 5.41 Å². The molecular formula is C13H24N2O. The summed E-state index contributed by atoms with van der Waals surface area (Å²) in [6.45, 7) is 5.40. The Morgan fingerprint density at radius 1 is 1.38 bits per heavy atom. The molecule has 2 aliphatic rings. The standard InChI is InChI=1S/C13H24N2O/c1-13(6-7-13)10-15-12(16)3-2-11-4-8-14-9-5-11/h11,14H,2-10H2,1H3,(H,15,16). The predicted octanol–water partition coefficient (Wildman–Crippen LogP) is 1.68. The van der Waals surface area contributed by atoms with Crippen molar-refractivity contribution in [2.75, 3.05) is 19.6 Å². The zero-order valence-corrected chi connectivity index (χ0v) is 10.3. The summed E-state index contributed by atoms with van der Waals surface area (Å²) in [5.74, 6) is 1.02. The van der Waals surface area contributed by atoms with Crippen LogP contribution in [0.5, 0.6) is 0 Å². The largest absolute Gasteiger partial charge is 0.356 e. The van der Waals surface area contributed by atoms with Crippen molar-refractivity contribution in [3.63, 3.8) is 0 Å². The second-order valence-corrected chi connectivity index (χ2v) is 5.82. The quantitative estimate of drug-likeness (QED) is 0.746. The number of hydrogen-bond acceptors (Lipinski definition) is 2. The fourth-order valence-corrected chi connectivity index (χ4v) is 2.30. The van der Waals surface area contributed by atoms with Crippen molar-refractivity contribution < 1.29 is 4.79 Å². The minimum Gasteiger partial charge on any atom is -0.356 e. The molecule has 0 aromatic rings. The number of carbonyl (C=O) groups is 1. The molecule has 1 aliphatic carbocycles. The van der Waals surface area contributed by atoms with Crippen molar-refractivity contribution >= 4 is 5.91 Å². The molecule has 1 aliphatic heterocycles. The number of rotatable bonds is 5. The lowest BCUT2D eigenvalue weighted by molar-refractivity contribution is -0.121. The fourth-order valence-electron chi connectivity index (χ4n) is 2.30. The number of carbonyl (C=O) groups excluding carboxylic acids is 1. The van der Waals surface area contributed by atoms with Gasteiger partial charge in [0, 0.05) is 13.0 Å². The van der Waals surface area contributed by atoms with Crippen LogP contribution in [0.2, 0.25) is 0 Å². The summed E-state index contributed by atoms with van der Waals surface area (Å²) in [6, 6.07) is 0. The van der Waals surface area contributed by atoms with Gasteiger partial charge >= 0.3 is 0 Å². The molecule has 0 aromatic carbocycles. The molecule has 1 heterocycles. The Hall–Kier alpha value is -0.570. The molecule has 1 amide bonds. The zero-order valence-electron chi connectivity index (χ0n) is 10.3. The molecule has 3 heteroatoms. The average molecular weight is 224 g/mol. The Morgan fingerprint density at radius 2 is 2.06 bits per heavy atom. The smallest absolute Gasteiger partial charge is 0.220 e. The Morgan fingerprint density at radius 3 is 2.69 bits per heavy atom. The van der Waals surface area contributed by atoms with Gasteiger partial charge in [-0.15, -0.1) is 0 Å². The third-order valence-corrected chi connectivity index (χ3v) is 4.05. The van der Waals surface area contributed by atoms with Crippen LogP contribution in [0.4, 0.5) is 0 Å². The van der Waals surface area contributed by atoms with Gasteiger partial charge in [-0.25, -0.2) is 0 Å². The van der Waals surface area contributed by atoms with Crippen LogP contribution >= 0.6 is 0 Å². The second-order valence-electron chi connectivity index (χ2n) is 5.82. The summed E-state index contributed by atoms with van der Waals surface area (Å²) in [6.07, 6.45) is 6.84. The summed E-state index contributed by atoms with van der Waals surface area (Å²) < 4.78 is 0. The molecule has 92 valence electrons. The first-order chi connectivity index (χ1) is 7.68. The van der Waals surface area contributed by atoms with E-state index in [4.69, 9.17) is 0 Å². The number of nitrogens with one attached hydrogen (secondary N) is 2. The van der Waals surface area contributed by atoms with Crippen LogP contribution in [0.15, 0.2) is 0 Å². The topological polar surface area (TPSA) is 41.1 Å². The normalized spacial score (nSPS) is 24.1. The van der Waals surface area contributed by atoms with Crippen LogP contribution in [-0.4, -0.2) is 25.5 Å². The van der Waals surface area contributed by atoms with Crippen LogP contribution in [-0.2, 0) is 4.79 Å². The van der Waals surface area contributed by atoms with Gasteiger partial charge in [-0.3, -0.25) is 4.79 Å². The average Bonchev–Trinajstić information content (AvgIpc) is 3.04. The lowest BCUT2D eigenvalue weighted by Crippen LogP contribution is -2.31. The van der Waals surface area contributed by atoms with Gasteiger partial charge in [-0.2, -0.15) is 0 Å². The van der Waals surface area contributed by atoms with E-state index < -0.39 is 0 Å². The molecule has 16 heavy (non-hydrogen) atoms. The molecule has 1 saturated carbocycles. The van der Waals surface area contributed by atoms with Crippen molar-refractivity contribution in [1.29, 1.82) is 0 Å². The SMILES string of the molecule is CC1(CNC(=O)CCC2CCNCC2)CC1. The Kier molecular flexibility index (Phi) is 3.85. The van der Waals surface area contributed by atoms with E-state index in [1.807, 2.05) is 0 Å². The maximum absolute atomic E-state index is 11.6. The first-order valence-corrected chi connectivity index (χ1v) is 6.65. The van der Waals surface area contributed by atoms with Gasteiger partial charge in [0.15, 0.2) is 0 Å². The van der Waals surface area contributed by atoms with Crippen LogP contribution in [0.1, 0.15) is 45.4 Å². The zero-order chi connectivity index (χ0) is 11.4. The van der Waals surface area contributed by atoms with Crippen molar-refractivity contribution in [3.8, 4) is 0 Å². The van der Waals surface area contributed by atoms with E-state index in [0.717, 1.165) is 38.4 Å². The van der Waals surface area contributed by atoms with E-state index in [9.17, 15) is 4.79 Å². The molecule has 0 bridgehead atoms. The van der Waals surface area contributed by atoms with Crippen molar-refractivity contribution in [2.45, 2.75) is 45.4 Å². The monoisotopic (exact) mass is 224 g/mol. The highest BCUT2D eigenvalue weighted by Crippen LogP contribution is 2.44. The number of amides is 1. The molecule has 2 rings (SSSR count). The van der Waals surface area contributed by atoms with Gasteiger partial charge in [0.1, 0.15) is 0 Å². The predicted molar refractivity (Wildman–Crippen MR) is 65.2 cm³/mol. The first kappa shape index (κ1) is 11.9. The minimum atomic E-state index is 0.256. The van der Waals surface area contributed by atoms with Crippen molar-refractivity contribution in [2.24, 2.45) is 11.3 Å². The molecule has 0 aromatic heterocycles. The molecule has 0 unspecified atom stereocenters. The minimum absolute atomic E-state index is 0.256. The van der Waals surface area contributed by atoms with Crippen LogP contribution in [0.3, 0.4) is 0 Å². The summed E-state index contributed by atoms with van der Waals surface area (Å²) in [5, 5.41) is 6.43. The number of hydrogen-bond donors (Lipinski definition) is 2. The third-order valence-electron chi connectivity index (χ3n) is 4.05. The lowest BCUT2D eigenvalue weighted by atomic mass is 9.93. The van der Waals surface area contributed by atoms with E-state index >= 15 is 0 Å². The van der Waals surface area contributed by atoms with Gasteiger partial charge in [0.2, 0.25) is 5.91 Å². The van der Waals surface area contributed by atoms with Gasteiger partial charge in [-0.1, -0.05) is 6.92 Å². The molecule has 3 nitrogen and oxygen atoms in total. The molecule has 0 atom stereocenters. The summed E-state index contributed by atoms with van der Waals surface area (Å²) in [4.78, 5) is 11.6. The Balaban J connectivity index is 1.56. The molecule has 0 spiro atoms. The van der Waals surface area contributed by atoms with Gasteiger partial charge in [0.05, 0.1) is 0 Å². The van der Waals surface area contributed by atoms with E-state index in [1.54, 1.807) is 0 Å². The lowest BCUT2D eigenvalue weighted by Gasteiger charge is -2.22. The van der Waals surface area contributed by atoms with Gasteiger partial charge < -0.3 is 10.6 Å². The van der Waals surface area contributed by atoms with Gasteiger partial charge in [-0.05, 0) is 56.5 Å². The third kappa shape index (κ3) is 3.78. The summed E-state index contributed by atoms with van der Waals surface area (Å²) in [5.41, 5.74) is 0.435. The van der Waals surface area contributed by atoms with Gasteiger partial charge in [0.25, 0.3) is 0 Å². The molecule has 2 N–H and O–H groups in total. The highest BCUT2D eigenvalue weighted by Gasteiger charge is 2.37. The van der Waals surface area contributed by atoms with Crippen molar-refractivity contribution in [1.82, 2.24) is 10.6 Å². The highest BCUT2D eigenvalue weighted by atomic mass is 16.1. The molecule has 2 fully saturated rings. The van der Waals surface area contributed by atoms with E-state index in [-0.39, 0.29) is 5.91 Å². The Labute approximate surface area is 98.4 Å². The summed E-state index contributed by atoms with van der Waals surface area (Å²) >= 11 is 0. The van der Waals surface area contributed by atoms with Crippen LogP contribution < -0.4 is 10.6 Å². The molecule has 0 radical (unpaired) electrons. The van der Waals surface area contributed by atoms with E-state index in [1.165, 1.54) is 25.7 Å². The first-order valence-electron chi connectivity index (χ1n) is 6.65.